The van der Waals surface area contributed by atoms with Gasteiger partial charge in [0.15, 0.2) is 0 Å². The lowest BCUT2D eigenvalue weighted by Gasteiger charge is -2.15. The molecule has 1 atom stereocenters. The zero-order valence-electron chi connectivity index (χ0n) is 13.4. The predicted octanol–water partition coefficient (Wildman–Crippen LogP) is 3.16. The van der Waals surface area contributed by atoms with Gasteiger partial charge in [0.1, 0.15) is 5.75 Å². The number of hydrogen-bond donors (Lipinski definition) is 2. The number of halogens is 1. The summed E-state index contributed by atoms with van der Waals surface area (Å²) >= 11 is 0. The second-order valence-electron chi connectivity index (χ2n) is 5.72. The average Bonchev–Trinajstić information content (AvgIpc) is 2.98. The minimum absolute atomic E-state index is 0. The zero-order valence-corrected chi connectivity index (χ0v) is 14.2. The Hall–Kier alpha value is -1.26. The van der Waals surface area contributed by atoms with Crippen LogP contribution in [0.4, 0.5) is 0 Å². The number of carbonyl (C=O) groups excluding carboxylic acids is 1. The van der Waals surface area contributed by atoms with Crippen LogP contribution in [0.5, 0.6) is 5.75 Å². The van der Waals surface area contributed by atoms with Gasteiger partial charge in [-0.2, -0.15) is 0 Å². The average molecular weight is 327 g/mol. The van der Waals surface area contributed by atoms with Crippen molar-refractivity contribution in [1.82, 2.24) is 10.6 Å². The van der Waals surface area contributed by atoms with Crippen molar-refractivity contribution >= 4 is 18.3 Å². The first-order valence-corrected chi connectivity index (χ1v) is 7.97. The van der Waals surface area contributed by atoms with Gasteiger partial charge in [0.25, 0.3) is 5.91 Å². The van der Waals surface area contributed by atoms with Crippen LogP contribution >= 0.6 is 12.4 Å². The van der Waals surface area contributed by atoms with Gasteiger partial charge in [0.05, 0.1) is 6.10 Å². The molecule has 0 spiro atoms. The monoisotopic (exact) mass is 326 g/mol. The Labute approximate surface area is 139 Å². The first-order valence-electron chi connectivity index (χ1n) is 7.97. The largest absolute Gasteiger partial charge is 0.490 e. The molecule has 0 unspecified atom stereocenters. The highest BCUT2D eigenvalue weighted by molar-refractivity contribution is 5.94. The fourth-order valence-corrected chi connectivity index (χ4v) is 2.68. The normalized spacial score (nSPS) is 15.9. The second kappa shape index (κ2) is 9.70. The van der Waals surface area contributed by atoms with E-state index in [1.54, 1.807) is 0 Å². The minimum atomic E-state index is -0.0448. The third-order valence-electron chi connectivity index (χ3n) is 3.82. The molecule has 124 valence electrons. The van der Waals surface area contributed by atoms with Crippen LogP contribution < -0.4 is 15.4 Å². The molecule has 1 fully saturated rings. The van der Waals surface area contributed by atoms with Crippen molar-refractivity contribution in [2.45, 2.75) is 51.7 Å². The molecule has 0 heterocycles. The molecule has 1 aromatic carbocycles. The zero-order chi connectivity index (χ0) is 15.1. The van der Waals surface area contributed by atoms with Crippen molar-refractivity contribution in [3.8, 4) is 5.75 Å². The van der Waals surface area contributed by atoms with E-state index in [1.165, 1.54) is 12.8 Å². The number of amides is 1. The smallest absolute Gasteiger partial charge is 0.251 e. The van der Waals surface area contributed by atoms with Crippen LogP contribution in [0.25, 0.3) is 0 Å². The molecule has 0 radical (unpaired) electrons. The highest BCUT2D eigenvalue weighted by atomic mass is 35.5. The Bertz CT molecular complexity index is 462. The maximum atomic E-state index is 12.1. The van der Waals surface area contributed by atoms with Gasteiger partial charge in [-0.25, -0.2) is 0 Å². The van der Waals surface area contributed by atoms with Crippen molar-refractivity contribution in [3.63, 3.8) is 0 Å². The predicted molar refractivity (Wildman–Crippen MR) is 92.0 cm³/mol. The topological polar surface area (TPSA) is 50.4 Å². The highest BCUT2D eigenvalue weighted by Gasteiger charge is 2.17. The van der Waals surface area contributed by atoms with E-state index in [-0.39, 0.29) is 24.4 Å². The summed E-state index contributed by atoms with van der Waals surface area (Å²) in [5, 5.41) is 6.22. The van der Waals surface area contributed by atoms with Gasteiger partial charge >= 0.3 is 0 Å². The van der Waals surface area contributed by atoms with Crippen LogP contribution in [0.1, 0.15) is 49.9 Å². The second-order valence-corrected chi connectivity index (χ2v) is 5.72. The molecule has 5 heteroatoms. The van der Waals surface area contributed by atoms with Crippen molar-refractivity contribution in [2.75, 3.05) is 13.1 Å². The summed E-state index contributed by atoms with van der Waals surface area (Å²) in [5.74, 6) is 0.755. The summed E-state index contributed by atoms with van der Waals surface area (Å²) in [6, 6.07) is 7.75. The molecule has 0 bridgehead atoms. The van der Waals surface area contributed by atoms with Gasteiger partial charge in [0, 0.05) is 18.2 Å². The molecule has 2 rings (SSSR count). The van der Waals surface area contributed by atoms with E-state index in [0.717, 1.165) is 25.1 Å². The summed E-state index contributed by atoms with van der Waals surface area (Å²) in [4.78, 5) is 12.1. The molecule has 1 aromatic rings. The number of benzene rings is 1. The summed E-state index contributed by atoms with van der Waals surface area (Å²) < 4.78 is 5.94. The molecular weight excluding hydrogens is 300 g/mol. The SMILES string of the molecule is CCN[C@H](C)CNC(=O)c1cccc(OC2CCCC2)c1.Cl. The van der Waals surface area contributed by atoms with Gasteiger partial charge in [-0.3, -0.25) is 4.79 Å². The Morgan fingerprint density at radius 1 is 1.36 bits per heavy atom. The van der Waals surface area contributed by atoms with Crippen LogP contribution in [0.2, 0.25) is 0 Å². The Morgan fingerprint density at radius 3 is 2.77 bits per heavy atom. The molecule has 2 N–H and O–H groups in total. The standard InChI is InChI=1S/C17H26N2O2.ClH/c1-3-18-13(2)12-19-17(20)14-7-6-10-16(11-14)21-15-8-4-5-9-15;/h6-7,10-11,13,15,18H,3-5,8-9,12H2,1-2H3,(H,19,20);1H/t13-;/m1./s1. The van der Waals surface area contributed by atoms with E-state index in [1.807, 2.05) is 24.3 Å². The minimum Gasteiger partial charge on any atom is -0.490 e. The number of carbonyl (C=O) groups is 1. The third-order valence-corrected chi connectivity index (χ3v) is 3.82. The molecule has 0 aromatic heterocycles. The first kappa shape index (κ1) is 18.8. The van der Waals surface area contributed by atoms with Crippen LogP contribution in [0.3, 0.4) is 0 Å². The molecule has 22 heavy (non-hydrogen) atoms. The molecule has 1 saturated carbocycles. The summed E-state index contributed by atoms with van der Waals surface area (Å²) in [6.45, 7) is 5.65. The maximum Gasteiger partial charge on any atom is 0.251 e. The summed E-state index contributed by atoms with van der Waals surface area (Å²) in [5.41, 5.74) is 0.661. The molecular formula is C17H27ClN2O2. The van der Waals surface area contributed by atoms with Crippen LogP contribution in [0.15, 0.2) is 24.3 Å². The van der Waals surface area contributed by atoms with E-state index >= 15 is 0 Å². The van der Waals surface area contributed by atoms with Crippen molar-refractivity contribution < 1.29 is 9.53 Å². The highest BCUT2D eigenvalue weighted by Crippen LogP contribution is 2.24. The first-order chi connectivity index (χ1) is 10.2. The van der Waals surface area contributed by atoms with Crippen molar-refractivity contribution in [2.24, 2.45) is 0 Å². The van der Waals surface area contributed by atoms with Crippen LogP contribution in [-0.2, 0) is 0 Å². The Balaban J connectivity index is 0.00000242. The van der Waals surface area contributed by atoms with Crippen molar-refractivity contribution in [3.05, 3.63) is 29.8 Å². The van der Waals surface area contributed by atoms with Gasteiger partial charge in [-0.1, -0.05) is 13.0 Å². The molecule has 4 nitrogen and oxygen atoms in total. The van der Waals surface area contributed by atoms with E-state index < -0.39 is 0 Å². The van der Waals surface area contributed by atoms with Gasteiger partial charge in [-0.15, -0.1) is 12.4 Å². The lowest BCUT2D eigenvalue weighted by Crippen LogP contribution is -2.38. The molecule has 1 aliphatic rings. The third kappa shape index (κ3) is 5.85. The van der Waals surface area contributed by atoms with Crippen LogP contribution in [0, 0.1) is 0 Å². The quantitative estimate of drug-likeness (QED) is 0.809. The Kier molecular flexibility index (Phi) is 8.28. The van der Waals surface area contributed by atoms with Crippen LogP contribution in [-0.4, -0.2) is 31.1 Å². The lowest BCUT2D eigenvalue weighted by molar-refractivity contribution is 0.0949. The number of hydrogen-bond acceptors (Lipinski definition) is 3. The molecule has 0 aliphatic heterocycles. The van der Waals surface area contributed by atoms with Gasteiger partial charge in [0.2, 0.25) is 0 Å². The molecule has 1 amide bonds. The fraction of sp³-hybridized carbons (Fsp3) is 0.588. The number of rotatable bonds is 7. The number of ether oxygens (including phenoxy) is 1. The Morgan fingerprint density at radius 2 is 2.09 bits per heavy atom. The van der Waals surface area contributed by atoms with Crippen molar-refractivity contribution in [1.29, 1.82) is 0 Å². The van der Waals surface area contributed by atoms with E-state index in [2.05, 4.69) is 24.5 Å². The number of nitrogens with one attached hydrogen (secondary N) is 2. The molecule has 1 aliphatic carbocycles. The fourth-order valence-electron chi connectivity index (χ4n) is 2.68. The maximum absolute atomic E-state index is 12.1. The van der Waals surface area contributed by atoms with E-state index in [4.69, 9.17) is 4.74 Å². The summed E-state index contributed by atoms with van der Waals surface area (Å²) in [6.07, 6.45) is 5.05. The molecule has 0 saturated heterocycles. The van der Waals surface area contributed by atoms with Gasteiger partial charge in [-0.05, 0) is 57.4 Å². The number of likely N-dealkylation sites (N-methyl/N-ethyl adjacent to an activating group) is 1. The lowest BCUT2D eigenvalue weighted by atomic mass is 10.2. The van der Waals surface area contributed by atoms with Gasteiger partial charge < -0.3 is 15.4 Å². The van der Waals surface area contributed by atoms with E-state index in [9.17, 15) is 4.79 Å². The van der Waals surface area contributed by atoms with E-state index in [0.29, 0.717) is 18.2 Å². The summed E-state index contributed by atoms with van der Waals surface area (Å²) in [7, 11) is 0.